The van der Waals surface area contributed by atoms with Crippen LogP contribution in [0.2, 0.25) is 0 Å². The molecule has 0 fully saturated rings. The van der Waals surface area contributed by atoms with Gasteiger partial charge in [0.25, 0.3) is 0 Å². The Bertz CT molecular complexity index is 745. The number of nitrogens with two attached hydrogens (primary N) is 1. The molecule has 3 amide bonds. The van der Waals surface area contributed by atoms with Crippen LogP contribution in [0.5, 0.6) is 0 Å². The minimum Gasteiger partial charge on any atom is -0.352 e. The number of carbonyl (C=O) groups excluding carboxylic acids is 2. The summed E-state index contributed by atoms with van der Waals surface area (Å²) in [6.45, 7) is 4.20. The Balaban J connectivity index is 2.10. The van der Waals surface area contributed by atoms with Gasteiger partial charge in [-0.25, -0.2) is 4.79 Å². The lowest BCUT2D eigenvalue weighted by molar-refractivity contribution is -0.116. The molecule has 2 rings (SSSR count). The normalized spacial score (nSPS) is 11.8. The van der Waals surface area contributed by atoms with E-state index in [1.54, 1.807) is 0 Å². The van der Waals surface area contributed by atoms with Gasteiger partial charge < -0.3 is 16.4 Å². The fourth-order valence-electron chi connectivity index (χ4n) is 2.49. The summed E-state index contributed by atoms with van der Waals surface area (Å²) in [5.41, 5.74) is 7.96. The summed E-state index contributed by atoms with van der Waals surface area (Å²) in [6, 6.07) is 14.0. The highest BCUT2D eigenvalue weighted by Gasteiger charge is 2.17. The van der Waals surface area contributed by atoms with E-state index in [9.17, 15) is 9.59 Å². The molecule has 5 nitrogen and oxygen atoms in total. The smallest absolute Gasteiger partial charge is 0.312 e. The van der Waals surface area contributed by atoms with Gasteiger partial charge >= 0.3 is 6.03 Å². The average Bonchev–Trinajstić information content (AvgIpc) is 2.54. The fourth-order valence-corrected chi connectivity index (χ4v) is 2.76. The first kappa shape index (κ1) is 19.0. The predicted molar refractivity (Wildman–Crippen MR) is 103 cm³/mol. The molecule has 0 aliphatic carbocycles. The zero-order valence-corrected chi connectivity index (χ0v) is 15.8. The van der Waals surface area contributed by atoms with Crippen LogP contribution >= 0.6 is 15.9 Å². The summed E-state index contributed by atoms with van der Waals surface area (Å²) in [7, 11) is 0. The van der Waals surface area contributed by atoms with Crippen LogP contribution in [0.4, 0.5) is 10.5 Å². The first-order chi connectivity index (χ1) is 11.8. The SMILES string of the molecule is CC(C)c1cccc(NC(=O)CC(NC(N)=O)c2ccc(Br)cc2)c1. The lowest BCUT2D eigenvalue weighted by Gasteiger charge is -2.18. The molecular weight excluding hydrogens is 382 g/mol. The van der Waals surface area contributed by atoms with Gasteiger partial charge in [0.05, 0.1) is 12.5 Å². The van der Waals surface area contributed by atoms with Gasteiger partial charge in [-0.1, -0.05) is 54.0 Å². The monoisotopic (exact) mass is 403 g/mol. The van der Waals surface area contributed by atoms with Gasteiger partial charge in [-0.2, -0.15) is 0 Å². The summed E-state index contributed by atoms with van der Waals surface area (Å²) in [5.74, 6) is 0.187. The minimum atomic E-state index is -0.664. The summed E-state index contributed by atoms with van der Waals surface area (Å²) in [6.07, 6.45) is 0.0937. The number of benzene rings is 2. The lowest BCUT2D eigenvalue weighted by Crippen LogP contribution is -2.35. The average molecular weight is 404 g/mol. The van der Waals surface area contributed by atoms with Crippen molar-refractivity contribution in [3.63, 3.8) is 0 Å². The van der Waals surface area contributed by atoms with Crippen LogP contribution in [0, 0.1) is 0 Å². The second-order valence-electron chi connectivity index (χ2n) is 6.15. The molecule has 25 heavy (non-hydrogen) atoms. The molecule has 0 aliphatic heterocycles. The third-order valence-electron chi connectivity index (χ3n) is 3.82. The zero-order valence-electron chi connectivity index (χ0n) is 14.3. The van der Waals surface area contributed by atoms with E-state index < -0.39 is 12.1 Å². The second-order valence-corrected chi connectivity index (χ2v) is 7.06. The first-order valence-corrected chi connectivity index (χ1v) is 8.85. The third-order valence-corrected chi connectivity index (χ3v) is 4.34. The van der Waals surface area contributed by atoms with E-state index in [0.717, 1.165) is 21.3 Å². The Labute approximate surface area is 156 Å². The van der Waals surface area contributed by atoms with Crippen molar-refractivity contribution >= 4 is 33.6 Å². The molecule has 0 saturated heterocycles. The van der Waals surface area contributed by atoms with Crippen molar-refractivity contribution in [2.45, 2.75) is 32.2 Å². The van der Waals surface area contributed by atoms with Gasteiger partial charge in [-0.15, -0.1) is 0 Å². The van der Waals surface area contributed by atoms with Crippen molar-refractivity contribution in [2.75, 3.05) is 5.32 Å². The maximum absolute atomic E-state index is 12.4. The summed E-state index contributed by atoms with van der Waals surface area (Å²) < 4.78 is 0.920. The van der Waals surface area contributed by atoms with Gasteiger partial charge in [0.2, 0.25) is 5.91 Å². The Morgan fingerprint density at radius 3 is 2.36 bits per heavy atom. The standard InChI is InChI=1S/C19H22BrN3O2/c1-12(2)14-4-3-5-16(10-14)22-18(24)11-17(23-19(21)25)13-6-8-15(20)9-7-13/h3-10,12,17H,11H2,1-2H3,(H,22,24)(H3,21,23,25). The Morgan fingerprint density at radius 1 is 1.08 bits per heavy atom. The molecule has 132 valence electrons. The Hall–Kier alpha value is -2.34. The first-order valence-electron chi connectivity index (χ1n) is 8.06. The molecule has 0 saturated carbocycles. The van der Waals surface area contributed by atoms with Crippen LogP contribution < -0.4 is 16.4 Å². The Morgan fingerprint density at radius 2 is 1.76 bits per heavy atom. The molecule has 6 heteroatoms. The molecule has 2 aromatic rings. The molecule has 0 heterocycles. The molecule has 0 bridgehead atoms. The molecule has 0 radical (unpaired) electrons. The number of hydrogen-bond donors (Lipinski definition) is 3. The van der Waals surface area contributed by atoms with E-state index in [1.807, 2.05) is 48.5 Å². The molecule has 1 unspecified atom stereocenters. The van der Waals surface area contributed by atoms with Crippen LogP contribution in [0.15, 0.2) is 53.0 Å². The number of urea groups is 1. The van der Waals surface area contributed by atoms with Crippen LogP contribution in [0.25, 0.3) is 0 Å². The number of anilines is 1. The maximum Gasteiger partial charge on any atom is 0.312 e. The highest BCUT2D eigenvalue weighted by atomic mass is 79.9. The molecule has 0 aliphatic rings. The van der Waals surface area contributed by atoms with Gasteiger partial charge in [0, 0.05) is 10.2 Å². The molecule has 1 atom stereocenters. The fraction of sp³-hybridized carbons (Fsp3) is 0.263. The largest absolute Gasteiger partial charge is 0.352 e. The van der Waals surface area contributed by atoms with E-state index in [2.05, 4.69) is 40.4 Å². The number of carbonyl (C=O) groups is 2. The highest BCUT2D eigenvalue weighted by Crippen LogP contribution is 2.22. The minimum absolute atomic E-state index is 0.0937. The molecule has 4 N–H and O–H groups in total. The van der Waals surface area contributed by atoms with E-state index >= 15 is 0 Å². The summed E-state index contributed by atoms with van der Waals surface area (Å²) >= 11 is 3.37. The van der Waals surface area contributed by atoms with Crippen LogP contribution in [0.1, 0.15) is 43.4 Å². The van der Waals surface area contributed by atoms with Crippen molar-refractivity contribution in [1.29, 1.82) is 0 Å². The van der Waals surface area contributed by atoms with E-state index in [0.29, 0.717) is 5.92 Å². The summed E-state index contributed by atoms with van der Waals surface area (Å²) in [4.78, 5) is 23.7. The number of hydrogen-bond acceptors (Lipinski definition) is 2. The van der Waals surface area contributed by atoms with Crippen molar-refractivity contribution in [1.82, 2.24) is 5.32 Å². The summed E-state index contributed by atoms with van der Waals surface area (Å²) in [5, 5.41) is 5.51. The van der Waals surface area contributed by atoms with Gasteiger partial charge in [-0.05, 0) is 41.3 Å². The number of nitrogens with one attached hydrogen (secondary N) is 2. The van der Waals surface area contributed by atoms with E-state index in [1.165, 1.54) is 0 Å². The predicted octanol–water partition coefficient (Wildman–Crippen LogP) is 4.31. The van der Waals surface area contributed by atoms with Gasteiger partial charge in [0.1, 0.15) is 0 Å². The van der Waals surface area contributed by atoms with Crippen molar-refractivity contribution in [3.05, 3.63) is 64.1 Å². The molecule has 2 aromatic carbocycles. The number of rotatable bonds is 6. The zero-order chi connectivity index (χ0) is 18.4. The van der Waals surface area contributed by atoms with Crippen LogP contribution in [-0.2, 0) is 4.79 Å². The van der Waals surface area contributed by atoms with E-state index in [4.69, 9.17) is 5.73 Å². The van der Waals surface area contributed by atoms with Crippen LogP contribution in [-0.4, -0.2) is 11.9 Å². The molecule has 0 aromatic heterocycles. The molecule has 0 spiro atoms. The highest BCUT2D eigenvalue weighted by molar-refractivity contribution is 9.10. The second kappa shape index (κ2) is 8.67. The quantitative estimate of drug-likeness (QED) is 0.670. The van der Waals surface area contributed by atoms with Gasteiger partial charge in [-0.3, -0.25) is 4.79 Å². The van der Waals surface area contributed by atoms with Crippen molar-refractivity contribution in [3.8, 4) is 0 Å². The third kappa shape index (κ3) is 5.90. The van der Waals surface area contributed by atoms with Crippen molar-refractivity contribution in [2.24, 2.45) is 5.73 Å². The maximum atomic E-state index is 12.4. The lowest BCUT2D eigenvalue weighted by atomic mass is 10.0. The molecular formula is C19H22BrN3O2. The number of amides is 3. The topological polar surface area (TPSA) is 84.2 Å². The number of primary amides is 1. The number of halogens is 1. The van der Waals surface area contributed by atoms with Crippen molar-refractivity contribution < 1.29 is 9.59 Å². The van der Waals surface area contributed by atoms with Crippen LogP contribution in [0.3, 0.4) is 0 Å². The van der Waals surface area contributed by atoms with Gasteiger partial charge in [0.15, 0.2) is 0 Å². The van der Waals surface area contributed by atoms with E-state index in [-0.39, 0.29) is 12.3 Å². The Kier molecular flexibility index (Phi) is 6.58.